The molecule has 0 amide bonds. The first-order chi connectivity index (χ1) is 9.93. The molecular weight excluding hydrogens is 264 g/mol. The highest BCUT2D eigenvalue weighted by Crippen LogP contribution is 2.43. The topological polar surface area (TPSA) is 43.4 Å². The summed E-state index contributed by atoms with van der Waals surface area (Å²) < 4.78 is 11.2. The van der Waals surface area contributed by atoms with Crippen LogP contribution in [0.3, 0.4) is 0 Å². The quantitative estimate of drug-likeness (QED) is 0.839. The van der Waals surface area contributed by atoms with Crippen molar-refractivity contribution in [3.63, 3.8) is 0 Å². The number of methoxy groups -OCH3 is 1. The van der Waals surface area contributed by atoms with Crippen molar-refractivity contribution in [2.24, 2.45) is 11.3 Å². The Balaban J connectivity index is 1.82. The average molecular weight is 292 g/mol. The molecule has 1 aromatic heterocycles. The van der Waals surface area contributed by atoms with Gasteiger partial charge in [0.1, 0.15) is 0 Å². The Labute approximate surface area is 128 Å². The van der Waals surface area contributed by atoms with Gasteiger partial charge in [-0.3, -0.25) is 0 Å². The van der Waals surface area contributed by atoms with Crippen molar-refractivity contribution in [2.45, 2.75) is 52.8 Å². The fourth-order valence-corrected chi connectivity index (χ4v) is 2.74. The van der Waals surface area contributed by atoms with Gasteiger partial charge in [-0.25, -0.2) is 4.98 Å². The molecule has 0 saturated heterocycles. The Morgan fingerprint density at radius 3 is 2.81 bits per heavy atom. The molecule has 1 aliphatic rings. The third kappa shape index (κ3) is 3.95. The van der Waals surface area contributed by atoms with E-state index in [1.807, 2.05) is 12.1 Å². The smallest absolute Gasteiger partial charge is 0.213 e. The molecule has 1 aliphatic carbocycles. The van der Waals surface area contributed by atoms with E-state index in [0.29, 0.717) is 23.9 Å². The van der Waals surface area contributed by atoms with Crippen LogP contribution in [0.15, 0.2) is 18.3 Å². The zero-order valence-corrected chi connectivity index (χ0v) is 13.8. The van der Waals surface area contributed by atoms with Gasteiger partial charge in [-0.05, 0) is 24.0 Å². The Morgan fingerprint density at radius 1 is 1.43 bits per heavy atom. The summed E-state index contributed by atoms with van der Waals surface area (Å²) in [5.41, 5.74) is 1.38. The molecule has 0 spiro atoms. The van der Waals surface area contributed by atoms with E-state index in [1.165, 1.54) is 5.56 Å². The second-order valence-electron chi connectivity index (χ2n) is 6.91. The lowest BCUT2D eigenvalue weighted by Crippen LogP contribution is -2.60. The van der Waals surface area contributed by atoms with Crippen LogP contribution in [-0.2, 0) is 11.3 Å². The van der Waals surface area contributed by atoms with Gasteiger partial charge in [0.2, 0.25) is 5.88 Å². The number of rotatable bonds is 7. The van der Waals surface area contributed by atoms with Gasteiger partial charge in [-0.2, -0.15) is 0 Å². The van der Waals surface area contributed by atoms with Crippen LogP contribution in [0.2, 0.25) is 0 Å². The molecule has 1 fully saturated rings. The summed E-state index contributed by atoms with van der Waals surface area (Å²) in [6.45, 7) is 10.6. The van der Waals surface area contributed by atoms with E-state index in [1.54, 1.807) is 13.3 Å². The highest BCUT2D eigenvalue weighted by molar-refractivity contribution is 5.20. The normalized spacial score (nSPS) is 23.9. The van der Waals surface area contributed by atoms with Gasteiger partial charge in [-0.15, -0.1) is 0 Å². The molecule has 4 nitrogen and oxygen atoms in total. The molecule has 2 atom stereocenters. The highest BCUT2D eigenvalue weighted by atomic mass is 16.5. The van der Waals surface area contributed by atoms with Gasteiger partial charge in [0.25, 0.3) is 0 Å². The molecule has 2 rings (SSSR count). The van der Waals surface area contributed by atoms with E-state index in [4.69, 9.17) is 9.47 Å². The van der Waals surface area contributed by atoms with Gasteiger partial charge in [0, 0.05) is 36.9 Å². The van der Waals surface area contributed by atoms with Crippen LogP contribution in [0.1, 0.15) is 39.7 Å². The molecule has 0 aliphatic heterocycles. The lowest BCUT2D eigenvalue weighted by Gasteiger charge is -2.52. The monoisotopic (exact) mass is 292 g/mol. The molecule has 0 aromatic carbocycles. The summed E-state index contributed by atoms with van der Waals surface area (Å²) in [7, 11) is 1.64. The maximum Gasteiger partial charge on any atom is 0.213 e. The number of ether oxygens (including phenoxy) is 2. The molecule has 4 heteroatoms. The average Bonchev–Trinajstić information content (AvgIpc) is 2.45. The molecule has 21 heavy (non-hydrogen) atoms. The summed E-state index contributed by atoms with van der Waals surface area (Å²) in [6, 6.07) is 4.49. The molecular formula is C17H28N2O2. The highest BCUT2D eigenvalue weighted by Gasteiger charge is 2.48. The Morgan fingerprint density at radius 2 is 2.19 bits per heavy atom. The minimum atomic E-state index is 0.187. The van der Waals surface area contributed by atoms with E-state index in [0.717, 1.165) is 19.6 Å². The van der Waals surface area contributed by atoms with Crippen molar-refractivity contribution in [3.8, 4) is 5.88 Å². The van der Waals surface area contributed by atoms with Crippen LogP contribution >= 0.6 is 0 Å². The van der Waals surface area contributed by atoms with E-state index in [2.05, 4.69) is 38.0 Å². The second-order valence-corrected chi connectivity index (χ2v) is 6.91. The van der Waals surface area contributed by atoms with Crippen LogP contribution in [0.5, 0.6) is 5.88 Å². The van der Waals surface area contributed by atoms with Crippen molar-refractivity contribution >= 4 is 0 Å². The number of pyridine rings is 1. The summed E-state index contributed by atoms with van der Waals surface area (Å²) >= 11 is 0. The summed E-state index contributed by atoms with van der Waals surface area (Å²) in [5.74, 6) is 1.26. The first-order valence-electron chi connectivity index (χ1n) is 7.77. The SMILES string of the molecule is COc1cc(CNC2CC(OCC(C)C)C2(C)C)ccn1. The van der Waals surface area contributed by atoms with Crippen LogP contribution in [0.25, 0.3) is 0 Å². The van der Waals surface area contributed by atoms with Crippen LogP contribution in [0, 0.1) is 11.3 Å². The molecule has 1 aromatic rings. The van der Waals surface area contributed by atoms with E-state index < -0.39 is 0 Å². The molecule has 1 N–H and O–H groups in total. The lowest BCUT2D eigenvalue weighted by molar-refractivity contribution is -0.124. The molecule has 2 unspecified atom stereocenters. The molecule has 0 bridgehead atoms. The van der Waals surface area contributed by atoms with Crippen molar-refractivity contribution in [2.75, 3.05) is 13.7 Å². The minimum Gasteiger partial charge on any atom is -0.481 e. The summed E-state index contributed by atoms with van der Waals surface area (Å²) in [6.07, 6.45) is 3.24. The van der Waals surface area contributed by atoms with Gasteiger partial charge in [0.05, 0.1) is 13.2 Å². The predicted molar refractivity (Wildman–Crippen MR) is 84.4 cm³/mol. The van der Waals surface area contributed by atoms with Crippen LogP contribution in [0.4, 0.5) is 0 Å². The number of aromatic nitrogens is 1. The van der Waals surface area contributed by atoms with Crippen molar-refractivity contribution in [3.05, 3.63) is 23.9 Å². The maximum absolute atomic E-state index is 6.00. The van der Waals surface area contributed by atoms with Crippen LogP contribution in [-0.4, -0.2) is 30.8 Å². The summed E-state index contributed by atoms with van der Waals surface area (Å²) in [5, 5.41) is 3.63. The Hall–Kier alpha value is -1.13. The molecule has 118 valence electrons. The lowest BCUT2D eigenvalue weighted by atomic mass is 9.64. The largest absolute Gasteiger partial charge is 0.481 e. The number of nitrogens with zero attached hydrogens (tertiary/aromatic N) is 1. The predicted octanol–water partition coefficient (Wildman–Crippen LogP) is 3.02. The number of hydrogen-bond donors (Lipinski definition) is 1. The first kappa shape index (κ1) is 16.2. The summed E-state index contributed by atoms with van der Waals surface area (Å²) in [4.78, 5) is 4.13. The number of hydrogen-bond acceptors (Lipinski definition) is 4. The van der Waals surface area contributed by atoms with Gasteiger partial charge < -0.3 is 14.8 Å². The van der Waals surface area contributed by atoms with E-state index >= 15 is 0 Å². The third-order valence-corrected chi connectivity index (χ3v) is 4.37. The second kappa shape index (κ2) is 6.75. The van der Waals surface area contributed by atoms with E-state index in [9.17, 15) is 0 Å². The fourth-order valence-electron chi connectivity index (χ4n) is 2.74. The molecule has 1 heterocycles. The molecule has 0 radical (unpaired) electrons. The van der Waals surface area contributed by atoms with Gasteiger partial charge in [0.15, 0.2) is 0 Å². The zero-order valence-electron chi connectivity index (χ0n) is 13.8. The van der Waals surface area contributed by atoms with Gasteiger partial charge >= 0.3 is 0 Å². The van der Waals surface area contributed by atoms with Crippen molar-refractivity contribution in [1.82, 2.24) is 10.3 Å². The van der Waals surface area contributed by atoms with Crippen molar-refractivity contribution < 1.29 is 9.47 Å². The fraction of sp³-hybridized carbons (Fsp3) is 0.706. The Kier molecular flexibility index (Phi) is 5.22. The maximum atomic E-state index is 6.00. The van der Waals surface area contributed by atoms with Crippen molar-refractivity contribution in [1.29, 1.82) is 0 Å². The third-order valence-electron chi connectivity index (χ3n) is 4.37. The molecule has 1 saturated carbocycles. The minimum absolute atomic E-state index is 0.187. The van der Waals surface area contributed by atoms with E-state index in [-0.39, 0.29) is 5.41 Å². The van der Waals surface area contributed by atoms with Gasteiger partial charge in [-0.1, -0.05) is 27.7 Å². The Bertz CT molecular complexity index is 460. The zero-order chi connectivity index (χ0) is 15.5. The number of nitrogens with one attached hydrogen (secondary N) is 1. The first-order valence-corrected chi connectivity index (χ1v) is 7.77. The standard InChI is InChI=1S/C17H28N2O2/c1-12(2)11-21-15-9-14(17(15,3)4)19-10-13-6-7-18-16(8-13)20-5/h6-8,12,14-15,19H,9-11H2,1-5H3. The van der Waals surface area contributed by atoms with Crippen LogP contribution < -0.4 is 10.1 Å².